The van der Waals surface area contributed by atoms with Crippen molar-refractivity contribution in [1.29, 1.82) is 0 Å². The Labute approximate surface area is 238 Å². The summed E-state index contributed by atoms with van der Waals surface area (Å²) < 4.78 is 0. The maximum atomic E-state index is 10.7. The summed E-state index contributed by atoms with van der Waals surface area (Å²) in [6.07, 6.45) is 26.8. The molecule has 0 aromatic rings. The van der Waals surface area contributed by atoms with Gasteiger partial charge in [0.05, 0.1) is 0 Å². The Morgan fingerprint density at radius 3 is 2.12 bits per heavy atom. The summed E-state index contributed by atoms with van der Waals surface area (Å²) in [6.45, 7) is 7.06. The van der Waals surface area contributed by atoms with Crippen molar-refractivity contribution in [3.05, 3.63) is 47.6 Å². The van der Waals surface area contributed by atoms with Gasteiger partial charge >= 0.3 is 32.2 Å². The number of guanidine groups is 1. The maximum absolute atomic E-state index is 10.7. The molecule has 1 unspecified atom stereocenters. The first-order chi connectivity index (χ1) is 15.1. The Morgan fingerprint density at radius 1 is 1.09 bits per heavy atom. The predicted molar refractivity (Wildman–Crippen MR) is 133 cm³/mol. The van der Waals surface area contributed by atoms with E-state index >= 15 is 0 Å². The molecule has 2 heterocycles. The van der Waals surface area contributed by atoms with Gasteiger partial charge in [0.25, 0.3) is 0 Å². The second-order valence-electron chi connectivity index (χ2n) is 8.19. The number of unbranched alkanes of at least 4 members (excludes halogenated alkanes) is 2. The van der Waals surface area contributed by atoms with Crippen LogP contribution in [0.2, 0.25) is 0 Å². The normalized spacial score (nSPS) is 19.6. The molecule has 0 spiro atoms. The molecule has 0 bridgehead atoms. The van der Waals surface area contributed by atoms with Crippen molar-refractivity contribution in [3.8, 4) is 0 Å². The molecule has 0 aromatic carbocycles. The molecule has 1 atom stereocenters. The zero-order valence-electron chi connectivity index (χ0n) is 20.4. The van der Waals surface area contributed by atoms with Gasteiger partial charge in [-0.1, -0.05) is 52.4 Å². The topological polar surface area (TPSA) is 64.9 Å². The molecule has 2 N–H and O–H groups in total. The van der Waals surface area contributed by atoms with Gasteiger partial charge in [0, 0.05) is 45.5 Å². The average Bonchev–Trinajstić information content (AvgIpc) is 3.51. The average molecular weight is 632 g/mol. The molecule has 177 valence electrons. The number of rotatable bonds is 7. The number of nitrogens with zero attached hydrogens (tertiary/aromatic N) is 2. The first kappa shape index (κ1) is 32.5. The van der Waals surface area contributed by atoms with Crippen LogP contribution in [0.25, 0.3) is 0 Å². The summed E-state index contributed by atoms with van der Waals surface area (Å²) >= 11 is 0. The Hall–Kier alpha value is -0.547. The fourth-order valence-electron chi connectivity index (χ4n) is 3.68. The van der Waals surface area contributed by atoms with E-state index in [4.69, 9.17) is 5.11 Å². The molecule has 0 amide bonds. The monoisotopic (exact) mass is 630 g/mol. The van der Waals surface area contributed by atoms with E-state index in [0.29, 0.717) is 6.42 Å². The second-order valence-corrected chi connectivity index (χ2v) is 8.19. The van der Waals surface area contributed by atoms with Crippen molar-refractivity contribution >= 4 is 37.8 Å². The second kappa shape index (κ2) is 19.7. The molecule has 0 aromatic heterocycles. The summed E-state index contributed by atoms with van der Waals surface area (Å²) in [4.78, 5) is 17.1. The van der Waals surface area contributed by atoms with Crippen LogP contribution >= 0.6 is 0 Å². The molecular weight excluding hydrogens is 592 g/mol. The van der Waals surface area contributed by atoms with Gasteiger partial charge in [0.15, 0.2) is 5.96 Å². The Balaban J connectivity index is 0.000000464. The van der Waals surface area contributed by atoms with Crippen LogP contribution in [0.15, 0.2) is 40.4 Å². The molecule has 3 radical (unpaired) electrons. The van der Waals surface area contributed by atoms with E-state index in [9.17, 15) is 4.79 Å². The molecular formula is C26H39InN3O2Zr. The Bertz CT molecular complexity index is 682. The van der Waals surface area contributed by atoms with E-state index in [0.717, 1.165) is 44.9 Å². The van der Waals surface area contributed by atoms with E-state index in [2.05, 4.69) is 65.5 Å². The van der Waals surface area contributed by atoms with Crippen molar-refractivity contribution in [3.63, 3.8) is 0 Å². The standard InChI is InChI=1S/2C9H13.C8H13N3O2.In.Zr/c2*1-2-3-6-9-7-4-5-8-9;12-7(13)6-2-5-11-4-1-3-9-8(11)10-6;;/h2*4,7H,2-3,5-6H2,1H3;6H,1-5H2,(H,9,10)(H,12,13);;/q2*-1;;;+2. The van der Waals surface area contributed by atoms with E-state index in [1.54, 1.807) is 0 Å². The van der Waals surface area contributed by atoms with Crippen molar-refractivity contribution in [2.45, 2.75) is 84.1 Å². The number of carboxylic acids is 1. The van der Waals surface area contributed by atoms with Crippen LogP contribution in [0, 0.1) is 12.2 Å². The molecule has 4 rings (SSSR count). The summed E-state index contributed by atoms with van der Waals surface area (Å²) in [6, 6.07) is -0.451. The number of hydrogen-bond donors (Lipinski definition) is 2. The van der Waals surface area contributed by atoms with Gasteiger partial charge in [-0.3, -0.25) is 17.1 Å². The van der Waals surface area contributed by atoms with Gasteiger partial charge in [-0.05, 0) is 12.8 Å². The zero-order valence-corrected chi connectivity index (χ0v) is 26.2. The SMILES string of the molecule is CCCCC1=[C-]CC=C1.CCCCC1=[C-]CC=C1.O=C(O)C1CCN2CCCN=C2N1.[In].[Zr+2]. The van der Waals surface area contributed by atoms with Gasteiger partial charge in [0.1, 0.15) is 6.04 Å². The molecule has 2 aliphatic carbocycles. The number of nitrogens with one attached hydrogen (secondary N) is 1. The van der Waals surface area contributed by atoms with Gasteiger partial charge in [0.2, 0.25) is 0 Å². The van der Waals surface area contributed by atoms with Crippen LogP contribution in [-0.4, -0.2) is 73.5 Å². The van der Waals surface area contributed by atoms with Crippen LogP contribution in [-0.2, 0) is 31.0 Å². The molecule has 1 saturated heterocycles. The number of carboxylic acid groups (broad SMARTS) is 1. The Morgan fingerprint density at radius 2 is 1.67 bits per heavy atom. The first-order valence-electron chi connectivity index (χ1n) is 11.9. The third-order valence-corrected chi connectivity index (χ3v) is 5.57. The zero-order chi connectivity index (χ0) is 22.3. The number of aliphatic imine (C=N–C) groups is 1. The largest absolute Gasteiger partial charge is 2.00 e. The maximum Gasteiger partial charge on any atom is 2.00 e. The number of carbonyl (C=O) groups is 1. The van der Waals surface area contributed by atoms with Crippen LogP contribution in [0.3, 0.4) is 0 Å². The quantitative estimate of drug-likeness (QED) is 0.395. The summed E-state index contributed by atoms with van der Waals surface area (Å²) in [5, 5.41) is 11.7. The van der Waals surface area contributed by atoms with Crippen molar-refractivity contribution in [2.75, 3.05) is 19.6 Å². The molecule has 0 saturated carbocycles. The van der Waals surface area contributed by atoms with Gasteiger partial charge < -0.3 is 15.3 Å². The predicted octanol–water partition coefficient (Wildman–Crippen LogP) is 4.84. The van der Waals surface area contributed by atoms with Gasteiger partial charge in [-0.25, -0.2) is 28.1 Å². The molecule has 7 heteroatoms. The fourth-order valence-corrected chi connectivity index (χ4v) is 3.68. The van der Waals surface area contributed by atoms with E-state index in [-0.39, 0.29) is 52.0 Å². The number of allylic oxidation sites excluding steroid dienone is 8. The molecule has 5 nitrogen and oxygen atoms in total. The van der Waals surface area contributed by atoms with Crippen molar-refractivity contribution in [1.82, 2.24) is 10.2 Å². The first-order valence-corrected chi connectivity index (χ1v) is 11.9. The van der Waals surface area contributed by atoms with Gasteiger partial charge in [-0.2, -0.15) is 12.2 Å². The molecule has 2 aliphatic heterocycles. The minimum Gasteiger partial charge on any atom is -0.480 e. The summed E-state index contributed by atoms with van der Waals surface area (Å²) in [7, 11) is 0. The van der Waals surface area contributed by atoms with Crippen LogP contribution in [0.4, 0.5) is 0 Å². The molecule has 33 heavy (non-hydrogen) atoms. The van der Waals surface area contributed by atoms with Crippen LogP contribution in [0.5, 0.6) is 0 Å². The van der Waals surface area contributed by atoms with Crippen molar-refractivity contribution in [2.24, 2.45) is 4.99 Å². The fraction of sp³-hybridized carbons (Fsp3) is 0.615. The number of aliphatic carboxylic acids is 1. The van der Waals surface area contributed by atoms with Crippen LogP contribution in [0.1, 0.15) is 78.1 Å². The summed E-state index contributed by atoms with van der Waals surface area (Å²) in [5.74, 6) is -0.0159. The smallest absolute Gasteiger partial charge is 0.480 e. The minimum absolute atomic E-state index is 0. The van der Waals surface area contributed by atoms with Gasteiger partial charge in [-0.15, -0.1) is 12.8 Å². The van der Waals surface area contributed by atoms with Crippen molar-refractivity contribution < 1.29 is 36.1 Å². The minimum atomic E-state index is -0.784. The number of hydrogen-bond acceptors (Lipinski definition) is 4. The van der Waals surface area contributed by atoms with E-state index < -0.39 is 12.0 Å². The third-order valence-electron chi connectivity index (χ3n) is 5.57. The number of fused-ring (bicyclic) bond motifs is 1. The molecule has 1 fully saturated rings. The summed E-state index contributed by atoms with van der Waals surface area (Å²) in [5.41, 5.74) is 2.83. The Kier molecular flexibility index (Phi) is 19.4. The third kappa shape index (κ3) is 13.2. The molecule has 4 aliphatic rings. The van der Waals surface area contributed by atoms with Crippen LogP contribution < -0.4 is 5.32 Å². The van der Waals surface area contributed by atoms with E-state index in [1.807, 2.05) is 0 Å². The van der Waals surface area contributed by atoms with E-state index in [1.165, 1.54) is 49.7 Å².